The van der Waals surface area contributed by atoms with E-state index in [1.54, 1.807) is 18.2 Å². The first-order chi connectivity index (χ1) is 20.7. The van der Waals surface area contributed by atoms with E-state index in [1.807, 2.05) is 30.3 Å². The number of methoxy groups -OCH3 is 2. The minimum absolute atomic E-state index is 0.00835. The summed E-state index contributed by atoms with van der Waals surface area (Å²) in [5, 5.41) is 10.4. The van der Waals surface area contributed by atoms with Crippen molar-refractivity contribution >= 4 is 35.1 Å². The number of ether oxygens (including phenoxy) is 5. The molecule has 0 fully saturated rings. The number of benzene rings is 3. The molecule has 12 heteroatoms. The molecule has 0 spiro atoms. The number of phenolic OH excluding ortho intramolecular Hbond substituents is 1. The number of halogens is 2. The number of aromatic hydroxyl groups is 1. The molecule has 2 aromatic heterocycles. The smallest absolute Gasteiger partial charge is 0.374 e. The van der Waals surface area contributed by atoms with E-state index in [0.29, 0.717) is 28.2 Å². The summed E-state index contributed by atoms with van der Waals surface area (Å²) in [5.74, 6) is -0.0238. The third kappa shape index (κ3) is 8.71. The number of hydrogen-bond donors (Lipinski definition) is 1. The Bertz CT molecular complexity index is 1680. The molecule has 43 heavy (non-hydrogen) atoms. The van der Waals surface area contributed by atoms with Crippen LogP contribution in [0.3, 0.4) is 0 Å². The number of phenols is 1. The van der Waals surface area contributed by atoms with E-state index in [1.165, 1.54) is 56.7 Å². The maximum atomic E-state index is 11.4. The number of rotatable bonds is 9. The second kappa shape index (κ2) is 14.7. The maximum Gasteiger partial charge on any atom is 0.374 e. The van der Waals surface area contributed by atoms with Crippen molar-refractivity contribution in [3.8, 4) is 34.9 Å². The van der Waals surface area contributed by atoms with E-state index in [9.17, 15) is 14.7 Å². The Balaban J connectivity index is 0.000000208. The molecule has 0 radical (unpaired) electrons. The fourth-order valence-corrected chi connectivity index (χ4v) is 3.70. The molecular formula is C31H24Cl2O10. The average molecular weight is 627 g/mol. The number of carbonyl (C=O) groups excluding carboxylic acids is 2. The first-order valence-corrected chi connectivity index (χ1v) is 13.2. The van der Waals surface area contributed by atoms with Crippen molar-refractivity contribution < 1.29 is 47.2 Å². The molecular weight excluding hydrogens is 603 g/mol. The van der Waals surface area contributed by atoms with Gasteiger partial charge in [-0.1, -0.05) is 53.5 Å². The topological polar surface area (TPSA) is 127 Å². The van der Waals surface area contributed by atoms with Crippen LogP contribution in [0.15, 0.2) is 99.8 Å². The molecule has 0 unspecified atom stereocenters. The van der Waals surface area contributed by atoms with Gasteiger partial charge in [0.25, 0.3) is 11.9 Å². The monoisotopic (exact) mass is 626 g/mol. The lowest BCUT2D eigenvalue weighted by Crippen LogP contribution is -1.98. The van der Waals surface area contributed by atoms with Gasteiger partial charge in [-0.15, -0.1) is 0 Å². The van der Waals surface area contributed by atoms with Gasteiger partial charge in [0, 0.05) is 34.3 Å². The molecule has 0 bridgehead atoms. The number of esters is 2. The van der Waals surface area contributed by atoms with E-state index in [4.69, 9.17) is 46.2 Å². The quantitative estimate of drug-likeness (QED) is 0.159. The van der Waals surface area contributed by atoms with Crippen molar-refractivity contribution in [2.45, 2.75) is 6.61 Å². The van der Waals surface area contributed by atoms with E-state index >= 15 is 0 Å². The molecule has 0 saturated carbocycles. The standard InChI is InChI=1S/C19H15ClO5.C12H9ClO5/c1-22-19(21)16-9-10-18(24-16)25-17-11-14(20)7-8-15(17)23-12-13-5-3-2-4-6-13;1-16-12(15)9-4-5-11(17-9)18-10-6-7(13)2-3-8(10)14/h2-11H,12H2,1H3;2-6,14H,1H3. The van der Waals surface area contributed by atoms with Gasteiger partial charge >= 0.3 is 11.9 Å². The van der Waals surface area contributed by atoms with Crippen molar-refractivity contribution in [3.63, 3.8) is 0 Å². The van der Waals surface area contributed by atoms with Crippen LogP contribution in [-0.4, -0.2) is 31.3 Å². The minimum atomic E-state index is -0.611. The van der Waals surface area contributed by atoms with Crippen LogP contribution < -0.4 is 14.2 Å². The van der Waals surface area contributed by atoms with Gasteiger partial charge in [-0.05, 0) is 42.0 Å². The van der Waals surface area contributed by atoms with Gasteiger partial charge in [-0.3, -0.25) is 0 Å². The van der Waals surface area contributed by atoms with Crippen LogP contribution >= 0.6 is 23.2 Å². The van der Waals surface area contributed by atoms with Crippen molar-refractivity contribution in [1.29, 1.82) is 0 Å². The van der Waals surface area contributed by atoms with Crippen LogP contribution in [-0.2, 0) is 16.1 Å². The molecule has 2 heterocycles. The van der Waals surface area contributed by atoms with Gasteiger partial charge in [0.05, 0.1) is 14.2 Å². The molecule has 5 rings (SSSR count). The van der Waals surface area contributed by atoms with Gasteiger partial charge in [-0.25, -0.2) is 9.59 Å². The molecule has 5 aromatic rings. The maximum absolute atomic E-state index is 11.4. The summed E-state index contributed by atoms with van der Waals surface area (Å²) >= 11 is 11.8. The van der Waals surface area contributed by atoms with Crippen LogP contribution in [0.25, 0.3) is 0 Å². The lowest BCUT2D eigenvalue weighted by molar-refractivity contribution is 0.0552. The van der Waals surface area contributed by atoms with Crippen LogP contribution in [0.5, 0.6) is 34.9 Å². The molecule has 3 aromatic carbocycles. The summed E-state index contributed by atoms with van der Waals surface area (Å²) in [5.41, 5.74) is 1.02. The summed E-state index contributed by atoms with van der Waals surface area (Å²) in [6, 6.07) is 25.0. The molecule has 10 nitrogen and oxygen atoms in total. The number of hydrogen-bond acceptors (Lipinski definition) is 10. The lowest BCUT2D eigenvalue weighted by Gasteiger charge is -2.11. The second-order valence-corrected chi connectivity index (χ2v) is 9.27. The molecule has 0 aliphatic carbocycles. The Morgan fingerprint density at radius 2 is 1.21 bits per heavy atom. The third-order valence-corrected chi connectivity index (χ3v) is 5.89. The highest BCUT2D eigenvalue weighted by molar-refractivity contribution is 6.31. The zero-order valence-electron chi connectivity index (χ0n) is 22.7. The van der Waals surface area contributed by atoms with Crippen LogP contribution in [0.1, 0.15) is 26.7 Å². The summed E-state index contributed by atoms with van der Waals surface area (Å²) in [6.07, 6.45) is 0. The summed E-state index contributed by atoms with van der Waals surface area (Å²) in [7, 11) is 2.52. The Kier molecular flexibility index (Phi) is 10.6. The van der Waals surface area contributed by atoms with Crippen molar-refractivity contribution in [1.82, 2.24) is 0 Å². The highest BCUT2D eigenvalue weighted by Crippen LogP contribution is 2.36. The third-order valence-electron chi connectivity index (χ3n) is 5.42. The van der Waals surface area contributed by atoms with E-state index in [-0.39, 0.29) is 34.9 Å². The SMILES string of the molecule is COC(=O)c1ccc(Oc2cc(Cl)ccc2O)o1.COC(=O)c1ccc(Oc2cc(Cl)ccc2OCc2ccccc2)o1. The molecule has 0 amide bonds. The van der Waals surface area contributed by atoms with Gasteiger partial charge < -0.3 is 37.6 Å². The Labute approximate surface area is 255 Å². The first kappa shape index (κ1) is 30.9. The molecule has 0 atom stereocenters. The normalized spacial score (nSPS) is 10.2. The van der Waals surface area contributed by atoms with E-state index < -0.39 is 11.9 Å². The Morgan fingerprint density at radius 1 is 0.674 bits per heavy atom. The number of furan rings is 2. The van der Waals surface area contributed by atoms with Gasteiger partial charge in [0.15, 0.2) is 23.0 Å². The van der Waals surface area contributed by atoms with Crippen LogP contribution in [0.2, 0.25) is 10.0 Å². The Hall–Kier alpha value is -5.06. The molecule has 0 aliphatic rings. The highest BCUT2D eigenvalue weighted by Gasteiger charge is 2.15. The van der Waals surface area contributed by atoms with Crippen LogP contribution in [0, 0.1) is 0 Å². The first-order valence-electron chi connectivity index (χ1n) is 12.4. The summed E-state index contributed by atoms with van der Waals surface area (Å²) in [6.45, 7) is 0.379. The zero-order valence-corrected chi connectivity index (χ0v) is 24.3. The predicted molar refractivity (Wildman–Crippen MR) is 156 cm³/mol. The zero-order chi connectivity index (χ0) is 30.8. The van der Waals surface area contributed by atoms with Crippen molar-refractivity contribution in [2.24, 2.45) is 0 Å². The summed E-state index contributed by atoms with van der Waals surface area (Å²) < 4.78 is 36.2. The molecule has 0 saturated heterocycles. The van der Waals surface area contributed by atoms with Crippen molar-refractivity contribution in [2.75, 3.05) is 14.2 Å². The number of carbonyl (C=O) groups is 2. The van der Waals surface area contributed by atoms with Gasteiger partial charge in [0.2, 0.25) is 11.5 Å². The second-order valence-electron chi connectivity index (χ2n) is 8.40. The van der Waals surface area contributed by atoms with Gasteiger partial charge in [0.1, 0.15) is 6.61 Å². The fraction of sp³-hybridized carbons (Fsp3) is 0.0968. The predicted octanol–water partition coefficient (Wildman–Crippen LogP) is 8.31. The van der Waals surface area contributed by atoms with E-state index in [0.717, 1.165) is 5.56 Å². The van der Waals surface area contributed by atoms with Gasteiger partial charge in [-0.2, -0.15) is 0 Å². The van der Waals surface area contributed by atoms with E-state index in [2.05, 4.69) is 9.47 Å². The molecule has 222 valence electrons. The largest absolute Gasteiger partial charge is 0.504 e. The minimum Gasteiger partial charge on any atom is -0.504 e. The fourth-order valence-electron chi connectivity index (χ4n) is 3.37. The van der Waals surface area contributed by atoms with Crippen molar-refractivity contribution in [3.05, 3.63) is 118 Å². The molecule has 0 aliphatic heterocycles. The van der Waals surface area contributed by atoms with Crippen LogP contribution in [0.4, 0.5) is 0 Å². The Morgan fingerprint density at radius 3 is 1.79 bits per heavy atom. The summed E-state index contributed by atoms with van der Waals surface area (Å²) in [4.78, 5) is 22.6. The molecule has 1 N–H and O–H groups in total. The highest BCUT2D eigenvalue weighted by atomic mass is 35.5. The lowest BCUT2D eigenvalue weighted by atomic mass is 10.2. The average Bonchev–Trinajstić information content (AvgIpc) is 3.69.